The van der Waals surface area contributed by atoms with Crippen LogP contribution in [0.25, 0.3) is 0 Å². The average molecular weight is 317 g/mol. The molecule has 0 bridgehead atoms. The van der Waals surface area contributed by atoms with E-state index in [0.29, 0.717) is 19.6 Å². The minimum Gasteiger partial charge on any atom is -0.497 e. The molecular weight excluding hydrogens is 294 g/mol. The largest absolute Gasteiger partial charge is 0.497 e. The SMILES string of the molecule is COc1ccc2c(c1)CCN2C(=O)NC1CCN(C(C)=O)CC1. The summed E-state index contributed by atoms with van der Waals surface area (Å²) in [5, 5.41) is 3.11. The van der Waals surface area contributed by atoms with Crippen molar-refractivity contribution in [2.45, 2.75) is 32.2 Å². The van der Waals surface area contributed by atoms with Gasteiger partial charge in [0.2, 0.25) is 5.91 Å². The summed E-state index contributed by atoms with van der Waals surface area (Å²) in [5.74, 6) is 0.930. The predicted molar refractivity (Wildman–Crippen MR) is 87.9 cm³/mol. The Labute approximate surface area is 136 Å². The van der Waals surface area contributed by atoms with Crippen molar-refractivity contribution < 1.29 is 14.3 Å². The van der Waals surface area contributed by atoms with E-state index in [0.717, 1.165) is 36.3 Å². The van der Waals surface area contributed by atoms with E-state index < -0.39 is 0 Å². The van der Waals surface area contributed by atoms with Gasteiger partial charge >= 0.3 is 6.03 Å². The van der Waals surface area contributed by atoms with Gasteiger partial charge < -0.3 is 15.0 Å². The molecule has 6 heteroatoms. The monoisotopic (exact) mass is 317 g/mol. The highest BCUT2D eigenvalue weighted by Crippen LogP contribution is 2.31. The van der Waals surface area contributed by atoms with Crippen LogP contribution in [0.1, 0.15) is 25.3 Å². The second-order valence-corrected chi connectivity index (χ2v) is 6.13. The minimum atomic E-state index is -0.0461. The highest BCUT2D eigenvalue weighted by molar-refractivity contribution is 5.94. The number of rotatable bonds is 2. The Morgan fingerprint density at radius 3 is 2.61 bits per heavy atom. The molecular formula is C17H23N3O3. The third kappa shape index (κ3) is 3.25. The number of fused-ring (bicyclic) bond motifs is 1. The number of piperidine rings is 1. The maximum atomic E-state index is 12.5. The molecule has 2 heterocycles. The molecule has 0 aromatic heterocycles. The first-order valence-electron chi connectivity index (χ1n) is 8.09. The molecule has 2 aliphatic heterocycles. The quantitative estimate of drug-likeness (QED) is 0.904. The van der Waals surface area contributed by atoms with Crippen LogP contribution >= 0.6 is 0 Å². The van der Waals surface area contributed by atoms with E-state index >= 15 is 0 Å². The molecule has 1 aromatic rings. The highest BCUT2D eigenvalue weighted by Gasteiger charge is 2.28. The summed E-state index contributed by atoms with van der Waals surface area (Å²) in [4.78, 5) is 27.5. The number of carbonyl (C=O) groups is 2. The smallest absolute Gasteiger partial charge is 0.322 e. The Balaban J connectivity index is 1.60. The Hall–Kier alpha value is -2.24. The Morgan fingerprint density at radius 2 is 1.96 bits per heavy atom. The van der Waals surface area contributed by atoms with Gasteiger partial charge in [-0.3, -0.25) is 9.69 Å². The number of anilines is 1. The van der Waals surface area contributed by atoms with Gasteiger partial charge in [0.15, 0.2) is 0 Å². The highest BCUT2D eigenvalue weighted by atomic mass is 16.5. The van der Waals surface area contributed by atoms with Crippen LogP contribution in [0.4, 0.5) is 10.5 Å². The van der Waals surface area contributed by atoms with Crippen molar-refractivity contribution in [3.8, 4) is 5.75 Å². The van der Waals surface area contributed by atoms with E-state index in [-0.39, 0.29) is 18.0 Å². The summed E-state index contributed by atoms with van der Waals surface area (Å²) < 4.78 is 5.23. The fourth-order valence-corrected chi connectivity index (χ4v) is 3.31. The summed E-state index contributed by atoms with van der Waals surface area (Å²) >= 11 is 0. The molecule has 0 unspecified atom stereocenters. The predicted octanol–water partition coefficient (Wildman–Crippen LogP) is 1.78. The fraction of sp³-hybridized carbons (Fsp3) is 0.529. The van der Waals surface area contributed by atoms with Gasteiger partial charge in [-0.2, -0.15) is 0 Å². The number of ether oxygens (including phenoxy) is 1. The van der Waals surface area contributed by atoms with Gasteiger partial charge in [0.1, 0.15) is 5.75 Å². The van der Waals surface area contributed by atoms with Crippen LogP contribution in [-0.4, -0.2) is 49.6 Å². The number of nitrogens with zero attached hydrogens (tertiary/aromatic N) is 2. The molecule has 0 saturated carbocycles. The van der Waals surface area contributed by atoms with Gasteiger partial charge in [-0.15, -0.1) is 0 Å². The molecule has 124 valence electrons. The topological polar surface area (TPSA) is 61.9 Å². The van der Waals surface area contributed by atoms with Gasteiger partial charge in [0.05, 0.1) is 7.11 Å². The van der Waals surface area contributed by atoms with Crippen LogP contribution < -0.4 is 15.0 Å². The number of carbonyl (C=O) groups excluding carboxylic acids is 2. The van der Waals surface area contributed by atoms with Crippen LogP contribution in [0.5, 0.6) is 5.75 Å². The lowest BCUT2D eigenvalue weighted by atomic mass is 10.1. The van der Waals surface area contributed by atoms with E-state index in [1.807, 2.05) is 23.1 Å². The Bertz CT molecular complexity index is 609. The number of amides is 3. The van der Waals surface area contributed by atoms with Crippen LogP contribution in [0.3, 0.4) is 0 Å². The number of methoxy groups -OCH3 is 1. The van der Waals surface area contributed by atoms with Crippen LogP contribution in [-0.2, 0) is 11.2 Å². The van der Waals surface area contributed by atoms with Crippen molar-refractivity contribution >= 4 is 17.6 Å². The molecule has 1 saturated heterocycles. The molecule has 1 fully saturated rings. The standard InChI is InChI=1S/C17H23N3O3/c1-12(21)19-8-6-14(7-9-19)18-17(22)20-10-5-13-11-15(23-2)3-4-16(13)20/h3-4,11,14H,5-10H2,1-2H3,(H,18,22). The summed E-state index contributed by atoms with van der Waals surface area (Å²) in [6, 6.07) is 5.92. The lowest BCUT2D eigenvalue weighted by molar-refractivity contribution is -0.129. The third-order valence-electron chi connectivity index (χ3n) is 4.70. The zero-order valence-corrected chi connectivity index (χ0v) is 13.7. The van der Waals surface area contributed by atoms with Crippen LogP contribution in [0.2, 0.25) is 0 Å². The maximum absolute atomic E-state index is 12.5. The zero-order chi connectivity index (χ0) is 16.4. The molecule has 3 rings (SSSR count). The summed E-state index contributed by atoms with van der Waals surface area (Å²) in [6.07, 6.45) is 2.48. The summed E-state index contributed by atoms with van der Waals surface area (Å²) in [7, 11) is 1.65. The molecule has 0 spiro atoms. The maximum Gasteiger partial charge on any atom is 0.322 e. The molecule has 23 heavy (non-hydrogen) atoms. The molecule has 0 radical (unpaired) electrons. The first kappa shape index (κ1) is 15.6. The van der Waals surface area contributed by atoms with E-state index in [2.05, 4.69) is 5.32 Å². The fourth-order valence-electron chi connectivity index (χ4n) is 3.31. The third-order valence-corrected chi connectivity index (χ3v) is 4.70. The van der Waals surface area contributed by atoms with Crippen molar-refractivity contribution in [2.24, 2.45) is 0 Å². The van der Waals surface area contributed by atoms with E-state index in [4.69, 9.17) is 4.74 Å². The number of benzene rings is 1. The molecule has 6 nitrogen and oxygen atoms in total. The number of nitrogens with one attached hydrogen (secondary N) is 1. The van der Waals surface area contributed by atoms with Gasteiger partial charge in [0, 0.05) is 38.3 Å². The second kappa shape index (κ2) is 6.48. The van der Waals surface area contributed by atoms with Gasteiger partial charge in [-0.05, 0) is 43.0 Å². The normalized spacial score (nSPS) is 17.8. The first-order valence-corrected chi connectivity index (χ1v) is 8.09. The molecule has 0 atom stereocenters. The first-order chi connectivity index (χ1) is 11.1. The average Bonchev–Trinajstić information content (AvgIpc) is 2.98. The number of hydrogen-bond donors (Lipinski definition) is 1. The van der Waals surface area contributed by atoms with Crippen LogP contribution in [0.15, 0.2) is 18.2 Å². The number of likely N-dealkylation sites (tertiary alicyclic amines) is 1. The summed E-state index contributed by atoms with van der Waals surface area (Å²) in [5.41, 5.74) is 2.11. The number of hydrogen-bond acceptors (Lipinski definition) is 3. The molecule has 1 aromatic carbocycles. The molecule has 3 amide bonds. The van der Waals surface area contributed by atoms with E-state index in [1.165, 1.54) is 0 Å². The molecule has 1 N–H and O–H groups in total. The molecule has 0 aliphatic carbocycles. The lowest BCUT2D eigenvalue weighted by Gasteiger charge is -2.32. The van der Waals surface area contributed by atoms with Gasteiger partial charge in [-0.1, -0.05) is 0 Å². The van der Waals surface area contributed by atoms with Crippen molar-refractivity contribution in [1.82, 2.24) is 10.2 Å². The Morgan fingerprint density at radius 1 is 1.22 bits per heavy atom. The zero-order valence-electron chi connectivity index (χ0n) is 13.7. The van der Waals surface area contributed by atoms with E-state index in [1.54, 1.807) is 18.9 Å². The Kier molecular flexibility index (Phi) is 4.41. The van der Waals surface area contributed by atoms with Crippen molar-refractivity contribution in [1.29, 1.82) is 0 Å². The summed E-state index contributed by atoms with van der Waals surface area (Å²) in [6.45, 7) is 3.72. The second-order valence-electron chi connectivity index (χ2n) is 6.13. The van der Waals surface area contributed by atoms with Crippen molar-refractivity contribution in [2.75, 3.05) is 31.6 Å². The van der Waals surface area contributed by atoms with Crippen molar-refractivity contribution in [3.63, 3.8) is 0 Å². The minimum absolute atomic E-state index is 0.0461. The molecule has 2 aliphatic rings. The van der Waals surface area contributed by atoms with Crippen LogP contribution in [0, 0.1) is 0 Å². The van der Waals surface area contributed by atoms with E-state index in [9.17, 15) is 9.59 Å². The lowest BCUT2D eigenvalue weighted by Crippen LogP contribution is -2.49. The van der Waals surface area contributed by atoms with Crippen molar-refractivity contribution in [3.05, 3.63) is 23.8 Å². The van der Waals surface area contributed by atoms with Gasteiger partial charge in [-0.25, -0.2) is 4.79 Å². The van der Waals surface area contributed by atoms with Gasteiger partial charge in [0.25, 0.3) is 0 Å². The number of urea groups is 1.